The van der Waals surface area contributed by atoms with Gasteiger partial charge in [-0.05, 0) is 12.1 Å². The number of amides is 2. The molecule has 0 fully saturated rings. The van der Waals surface area contributed by atoms with E-state index in [0.29, 0.717) is 0 Å². The monoisotopic (exact) mass is 265 g/mol. The molecule has 6 nitrogen and oxygen atoms in total. The quantitative estimate of drug-likeness (QED) is 0.612. The first-order valence-electron chi connectivity index (χ1n) is 5.55. The van der Waals surface area contributed by atoms with Crippen LogP contribution in [0.1, 0.15) is 20.8 Å². The summed E-state index contributed by atoms with van der Waals surface area (Å²) < 4.78 is 10.1. The smallest absolute Gasteiger partial charge is 0.308 e. The average molecular weight is 265 g/mol. The van der Waals surface area contributed by atoms with E-state index in [2.05, 4.69) is 0 Å². The lowest BCUT2D eigenvalue weighted by molar-refractivity contribution is -0.132. The molecule has 0 spiro atoms. The molecule has 0 unspecified atom stereocenters. The zero-order valence-corrected chi connectivity index (χ0v) is 11.2. The van der Waals surface area contributed by atoms with Crippen LogP contribution >= 0.6 is 0 Å². The summed E-state index contributed by atoms with van der Waals surface area (Å²) in [6.45, 7) is 3.72. The van der Waals surface area contributed by atoms with Crippen molar-refractivity contribution in [2.45, 2.75) is 20.8 Å². The predicted molar refractivity (Wildman–Crippen MR) is 68.1 cm³/mol. The number of carbonyl (C=O) groups excluding carboxylic acids is 3. The first kappa shape index (κ1) is 14.7. The molecule has 0 heterocycles. The highest BCUT2D eigenvalue weighted by Crippen LogP contribution is 2.37. The van der Waals surface area contributed by atoms with Crippen molar-refractivity contribution in [1.29, 1.82) is 0 Å². The zero-order valence-electron chi connectivity index (χ0n) is 11.2. The van der Waals surface area contributed by atoms with Crippen LogP contribution < -0.4 is 14.4 Å². The van der Waals surface area contributed by atoms with Gasteiger partial charge in [-0.25, -0.2) is 4.90 Å². The molecule has 19 heavy (non-hydrogen) atoms. The van der Waals surface area contributed by atoms with Crippen LogP contribution in [0.15, 0.2) is 18.2 Å². The Morgan fingerprint density at radius 1 is 1.05 bits per heavy atom. The minimum Gasteiger partial charge on any atom is -0.493 e. The van der Waals surface area contributed by atoms with E-state index in [0.717, 1.165) is 4.90 Å². The van der Waals surface area contributed by atoms with E-state index in [9.17, 15) is 14.4 Å². The van der Waals surface area contributed by atoms with Crippen molar-refractivity contribution >= 4 is 23.5 Å². The van der Waals surface area contributed by atoms with E-state index in [4.69, 9.17) is 9.47 Å². The Balaban J connectivity index is 3.43. The van der Waals surface area contributed by atoms with E-state index in [1.807, 2.05) is 0 Å². The van der Waals surface area contributed by atoms with Gasteiger partial charge in [0.1, 0.15) is 0 Å². The molecule has 0 N–H and O–H groups in total. The van der Waals surface area contributed by atoms with Crippen molar-refractivity contribution < 1.29 is 23.9 Å². The number of hydrogen-bond donors (Lipinski definition) is 0. The number of benzene rings is 1. The molecule has 0 aromatic heterocycles. The SMILES string of the molecule is COc1cccc(N(C(C)=O)C(C)=O)c1OC(C)=O. The maximum absolute atomic E-state index is 11.5. The maximum atomic E-state index is 11.5. The van der Waals surface area contributed by atoms with Gasteiger partial charge in [-0.15, -0.1) is 0 Å². The second kappa shape index (κ2) is 5.99. The summed E-state index contributed by atoms with van der Waals surface area (Å²) in [5, 5.41) is 0. The number of carbonyl (C=O) groups is 3. The number of nitrogens with zero attached hydrogens (tertiary/aromatic N) is 1. The maximum Gasteiger partial charge on any atom is 0.308 e. The van der Waals surface area contributed by atoms with E-state index in [1.165, 1.54) is 33.9 Å². The van der Waals surface area contributed by atoms with Crippen LogP contribution in [0.5, 0.6) is 11.5 Å². The molecule has 102 valence electrons. The molecule has 1 rings (SSSR count). The zero-order chi connectivity index (χ0) is 14.6. The van der Waals surface area contributed by atoms with Gasteiger partial charge in [0, 0.05) is 20.8 Å². The molecule has 2 amide bonds. The van der Waals surface area contributed by atoms with E-state index >= 15 is 0 Å². The molecular weight excluding hydrogens is 250 g/mol. The van der Waals surface area contributed by atoms with Gasteiger partial charge in [-0.2, -0.15) is 0 Å². The minimum absolute atomic E-state index is 0.0444. The second-order valence-corrected chi connectivity index (χ2v) is 3.78. The summed E-state index contributed by atoms with van der Waals surface area (Å²) in [5.74, 6) is -1.22. The van der Waals surface area contributed by atoms with Crippen molar-refractivity contribution in [3.05, 3.63) is 18.2 Å². The van der Waals surface area contributed by atoms with Gasteiger partial charge in [-0.3, -0.25) is 14.4 Å². The Morgan fingerprint density at radius 3 is 2.05 bits per heavy atom. The largest absolute Gasteiger partial charge is 0.493 e. The number of para-hydroxylation sites is 1. The molecule has 0 aliphatic heterocycles. The molecule has 1 aromatic carbocycles. The van der Waals surface area contributed by atoms with Gasteiger partial charge in [0.05, 0.1) is 12.8 Å². The standard InChI is InChI=1S/C13H15NO5/c1-8(15)14(9(2)16)11-6-5-7-12(18-4)13(11)19-10(3)17/h5-7H,1-4H3. The first-order valence-corrected chi connectivity index (χ1v) is 5.55. The summed E-state index contributed by atoms with van der Waals surface area (Å²) in [6, 6.07) is 4.67. The number of methoxy groups -OCH3 is 1. The van der Waals surface area contributed by atoms with Gasteiger partial charge in [0.15, 0.2) is 11.5 Å². The van der Waals surface area contributed by atoms with Gasteiger partial charge < -0.3 is 9.47 Å². The van der Waals surface area contributed by atoms with Crippen molar-refractivity contribution in [3.8, 4) is 11.5 Å². The van der Waals surface area contributed by atoms with Gasteiger partial charge in [-0.1, -0.05) is 6.07 Å². The lowest BCUT2D eigenvalue weighted by atomic mass is 10.2. The fourth-order valence-electron chi connectivity index (χ4n) is 1.65. The number of rotatable bonds is 3. The van der Waals surface area contributed by atoms with Gasteiger partial charge >= 0.3 is 5.97 Å². The van der Waals surface area contributed by atoms with E-state index < -0.39 is 17.8 Å². The fraction of sp³-hybridized carbons (Fsp3) is 0.308. The first-order chi connectivity index (χ1) is 8.88. The topological polar surface area (TPSA) is 72.9 Å². The Hall–Kier alpha value is -2.37. The normalized spacial score (nSPS) is 9.68. The molecular formula is C13H15NO5. The molecule has 0 radical (unpaired) electrons. The Morgan fingerprint density at radius 2 is 1.63 bits per heavy atom. The Bertz CT molecular complexity index is 510. The number of esters is 1. The number of imide groups is 1. The highest BCUT2D eigenvalue weighted by Gasteiger charge is 2.23. The predicted octanol–water partition coefficient (Wildman–Crippen LogP) is 1.52. The van der Waals surface area contributed by atoms with Crippen LogP contribution in [-0.4, -0.2) is 24.9 Å². The lowest BCUT2D eigenvalue weighted by Gasteiger charge is -2.21. The van der Waals surface area contributed by atoms with Crippen LogP contribution in [0, 0.1) is 0 Å². The number of ether oxygens (including phenoxy) is 2. The van der Waals surface area contributed by atoms with Crippen molar-refractivity contribution in [2.75, 3.05) is 12.0 Å². The third-order valence-corrected chi connectivity index (χ3v) is 2.29. The molecule has 0 atom stereocenters. The van der Waals surface area contributed by atoms with Gasteiger partial charge in [0.25, 0.3) is 0 Å². The van der Waals surface area contributed by atoms with Crippen molar-refractivity contribution in [2.24, 2.45) is 0 Å². The van der Waals surface area contributed by atoms with Crippen LogP contribution in [0.4, 0.5) is 5.69 Å². The highest BCUT2D eigenvalue weighted by molar-refractivity contribution is 6.14. The van der Waals surface area contributed by atoms with Gasteiger partial charge in [0.2, 0.25) is 11.8 Å². The molecule has 0 saturated heterocycles. The minimum atomic E-state index is -0.571. The van der Waals surface area contributed by atoms with Crippen LogP contribution in [-0.2, 0) is 14.4 Å². The summed E-state index contributed by atoms with van der Waals surface area (Å²) in [7, 11) is 1.40. The fourth-order valence-corrected chi connectivity index (χ4v) is 1.65. The van der Waals surface area contributed by atoms with Crippen LogP contribution in [0.2, 0.25) is 0 Å². The summed E-state index contributed by atoms with van der Waals surface area (Å²) >= 11 is 0. The molecule has 0 bridgehead atoms. The lowest BCUT2D eigenvalue weighted by Crippen LogP contribution is -2.33. The molecule has 0 aliphatic rings. The van der Waals surface area contributed by atoms with E-state index in [-0.39, 0.29) is 17.2 Å². The summed E-state index contributed by atoms with van der Waals surface area (Å²) in [5.41, 5.74) is 0.176. The number of hydrogen-bond acceptors (Lipinski definition) is 5. The third kappa shape index (κ3) is 3.31. The Kier molecular flexibility index (Phi) is 4.63. The average Bonchev–Trinajstić information content (AvgIpc) is 2.29. The third-order valence-electron chi connectivity index (χ3n) is 2.29. The van der Waals surface area contributed by atoms with Crippen LogP contribution in [0.25, 0.3) is 0 Å². The second-order valence-electron chi connectivity index (χ2n) is 3.78. The van der Waals surface area contributed by atoms with E-state index in [1.54, 1.807) is 12.1 Å². The van der Waals surface area contributed by atoms with Crippen molar-refractivity contribution in [1.82, 2.24) is 0 Å². The summed E-state index contributed by atoms with van der Waals surface area (Å²) in [6.07, 6.45) is 0. The molecule has 0 saturated carbocycles. The number of anilines is 1. The molecule has 0 aliphatic carbocycles. The van der Waals surface area contributed by atoms with Crippen molar-refractivity contribution in [3.63, 3.8) is 0 Å². The summed E-state index contributed by atoms with van der Waals surface area (Å²) in [4.78, 5) is 35.1. The molecule has 1 aromatic rings. The highest BCUT2D eigenvalue weighted by atomic mass is 16.6. The molecule has 6 heteroatoms. The van der Waals surface area contributed by atoms with Crippen LogP contribution in [0.3, 0.4) is 0 Å². The Labute approximate surface area is 110 Å².